The van der Waals surface area contributed by atoms with Crippen molar-refractivity contribution in [1.29, 1.82) is 0 Å². The van der Waals surface area contributed by atoms with Crippen molar-refractivity contribution < 1.29 is 14.8 Å². The molecule has 0 bridgehead atoms. The van der Waals surface area contributed by atoms with Crippen molar-refractivity contribution in [2.24, 2.45) is 0 Å². The predicted octanol–water partition coefficient (Wildman–Crippen LogP) is 0.476. The van der Waals surface area contributed by atoms with Gasteiger partial charge in [0, 0.05) is 12.6 Å². The Bertz CT molecular complexity index is 360. The molecule has 0 aliphatic rings. The highest BCUT2D eigenvalue weighted by molar-refractivity contribution is 6.58. The van der Waals surface area contributed by atoms with Gasteiger partial charge in [-0.15, -0.1) is 0 Å². The van der Waals surface area contributed by atoms with Crippen LogP contribution in [-0.4, -0.2) is 48.3 Å². The van der Waals surface area contributed by atoms with Crippen molar-refractivity contribution in [1.82, 2.24) is 4.90 Å². The molecule has 0 aliphatic heterocycles. The maximum atomic E-state index is 9.06. The van der Waals surface area contributed by atoms with Gasteiger partial charge in [-0.2, -0.15) is 0 Å². The van der Waals surface area contributed by atoms with E-state index in [1.54, 1.807) is 18.2 Å². The van der Waals surface area contributed by atoms with Gasteiger partial charge < -0.3 is 19.7 Å². The summed E-state index contributed by atoms with van der Waals surface area (Å²) in [6, 6.07) is 7.41. The normalized spacial score (nSPS) is 12.6. The van der Waals surface area contributed by atoms with Crippen molar-refractivity contribution in [2.45, 2.75) is 26.3 Å². The minimum Gasteiger partial charge on any atom is -0.492 e. The van der Waals surface area contributed by atoms with Crippen LogP contribution in [0.2, 0.25) is 0 Å². The summed E-state index contributed by atoms with van der Waals surface area (Å²) in [5.41, 5.74) is 0.447. The molecule has 0 spiro atoms. The molecule has 4 nitrogen and oxygen atoms in total. The molecule has 1 atom stereocenters. The SMILES string of the molecule is CCC(C)N(C)CCOc1cccc(B(O)O)c1. The number of rotatable bonds is 7. The van der Waals surface area contributed by atoms with Crippen molar-refractivity contribution >= 4 is 12.6 Å². The highest BCUT2D eigenvalue weighted by Gasteiger charge is 2.11. The van der Waals surface area contributed by atoms with E-state index in [9.17, 15) is 0 Å². The number of hydrogen-bond donors (Lipinski definition) is 2. The van der Waals surface area contributed by atoms with Gasteiger partial charge in [-0.3, -0.25) is 0 Å². The summed E-state index contributed by atoms with van der Waals surface area (Å²) in [4.78, 5) is 2.24. The van der Waals surface area contributed by atoms with E-state index in [-0.39, 0.29) is 0 Å². The molecule has 0 aliphatic carbocycles. The van der Waals surface area contributed by atoms with Crippen LogP contribution in [0.25, 0.3) is 0 Å². The topological polar surface area (TPSA) is 52.9 Å². The summed E-state index contributed by atoms with van der Waals surface area (Å²) in [6.45, 7) is 5.78. The highest BCUT2D eigenvalue weighted by atomic mass is 16.5. The van der Waals surface area contributed by atoms with E-state index in [4.69, 9.17) is 14.8 Å². The molecule has 5 heteroatoms. The van der Waals surface area contributed by atoms with Crippen molar-refractivity contribution in [2.75, 3.05) is 20.2 Å². The van der Waals surface area contributed by atoms with Gasteiger partial charge in [0.15, 0.2) is 0 Å². The summed E-state index contributed by atoms with van der Waals surface area (Å²) >= 11 is 0. The standard InChI is InChI=1S/C13H22BNO3/c1-4-11(2)15(3)8-9-18-13-7-5-6-12(10-13)14(16)17/h5-7,10-11,16-17H,4,8-9H2,1-3H3. The zero-order valence-corrected chi connectivity index (χ0v) is 11.3. The molecule has 18 heavy (non-hydrogen) atoms. The zero-order valence-electron chi connectivity index (χ0n) is 11.3. The molecule has 0 saturated carbocycles. The van der Waals surface area contributed by atoms with E-state index in [1.165, 1.54) is 0 Å². The lowest BCUT2D eigenvalue weighted by atomic mass is 9.80. The van der Waals surface area contributed by atoms with Crippen LogP contribution in [0.5, 0.6) is 5.75 Å². The Morgan fingerprint density at radius 3 is 2.72 bits per heavy atom. The van der Waals surface area contributed by atoms with Gasteiger partial charge in [0.1, 0.15) is 12.4 Å². The predicted molar refractivity (Wildman–Crippen MR) is 74.1 cm³/mol. The fourth-order valence-electron chi connectivity index (χ4n) is 1.60. The molecule has 0 heterocycles. The van der Waals surface area contributed by atoms with Crippen LogP contribution < -0.4 is 10.2 Å². The van der Waals surface area contributed by atoms with E-state index in [0.717, 1.165) is 13.0 Å². The molecule has 1 aromatic rings. The molecule has 1 rings (SSSR count). The van der Waals surface area contributed by atoms with Gasteiger partial charge in [-0.1, -0.05) is 19.1 Å². The van der Waals surface area contributed by atoms with Crippen molar-refractivity contribution in [3.63, 3.8) is 0 Å². The maximum absolute atomic E-state index is 9.06. The van der Waals surface area contributed by atoms with Gasteiger partial charge in [0.25, 0.3) is 0 Å². The average molecular weight is 251 g/mol. The third kappa shape index (κ3) is 4.68. The number of benzene rings is 1. The van der Waals surface area contributed by atoms with Gasteiger partial charge in [-0.05, 0) is 38.0 Å². The fourth-order valence-corrected chi connectivity index (χ4v) is 1.60. The second-order valence-corrected chi connectivity index (χ2v) is 4.53. The summed E-state index contributed by atoms with van der Waals surface area (Å²) < 4.78 is 5.60. The number of nitrogens with zero attached hydrogens (tertiary/aromatic N) is 1. The van der Waals surface area contributed by atoms with Crippen LogP contribution in [0.4, 0.5) is 0 Å². The van der Waals surface area contributed by atoms with E-state index in [1.807, 2.05) is 6.07 Å². The lowest BCUT2D eigenvalue weighted by Crippen LogP contribution is -2.32. The highest BCUT2D eigenvalue weighted by Crippen LogP contribution is 2.08. The van der Waals surface area contributed by atoms with E-state index in [0.29, 0.717) is 23.9 Å². The fraction of sp³-hybridized carbons (Fsp3) is 0.538. The Kier molecular flexibility index (Phi) is 6.19. The third-order valence-corrected chi connectivity index (χ3v) is 3.21. The first-order chi connectivity index (χ1) is 8.54. The largest absolute Gasteiger partial charge is 0.492 e. The molecule has 1 unspecified atom stereocenters. The smallest absolute Gasteiger partial charge is 0.488 e. The van der Waals surface area contributed by atoms with Crippen LogP contribution in [0, 0.1) is 0 Å². The van der Waals surface area contributed by atoms with Crippen LogP contribution in [0.3, 0.4) is 0 Å². The Labute approximate surface area is 109 Å². The number of likely N-dealkylation sites (N-methyl/N-ethyl adjacent to an activating group) is 1. The average Bonchev–Trinajstić information content (AvgIpc) is 2.38. The van der Waals surface area contributed by atoms with Crippen molar-refractivity contribution in [3.8, 4) is 5.75 Å². The second kappa shape index (κ2) is 7.41. The van der Waals surface area contributed by atoms with Crippen LogP contribution >= 0.6 is 0 Å². The first-order valence-corrected chi connectivity index (χ1v) is 6.33. The second-order valence-electron chi connectivity index (χ2n) is 4.53. The summed E-state index contributed by atoms with van der Waals surface area (Å²) in [7, 11) is 0.627. The number of ether oxygens (including phenoxy) is 1. The van der Waals surface area contributed by atoms with E-state index in [2.05, 4.69) is 25.8 Å². The Hall–Kier alpha value is -1.04. The van der Waals surface area contributed by atoms with Crippen LogP contribution in [0.1, 0.15) is 20.3 Å². The third-order valence-electron chi connectivity index (χ3n) is 3.21. The molecule has 0 aromatic heterocycles. The molecular weight excluding hydrogens is 229 g/mol. The monoisotopic (exact) mass is 251 g/mol. The minimum atomic E-state index is -1.45. The maximum Gasteiger partial charge on any atom is 0.488 e. The zero-order chi connectivity index (χ0) is 13.5. The molecule has 2 N–H and O–H groups in total. The summed E-state index contributed by atoms with van der Waals surface area (Å²) in [6.07, 6.45) is 1.11. The van der Waals surface area contributed by atoms with Gasteiger partial charge in [0.2, 0.25) is 0 Å². The van der Waals surface area contributed by atoms with E-state index >= 15 is 0 Å². The molecule has 0 radical (unpaired) electrons. The van der Waals surface area contributed by atoms with Gasteiger partial charge >= 0.3 is 7.12 Å². The molecular formula is C13H22BNO3. The molecule has 0 amide bonds. The summed E-state index contributed by atoms with van der Waals surface area (Å²) in [5, 5.41) is 18.1. The Morgan fingerprint density at radius 2 is 2.11 bits per heavy atom. The quantitative estimate of drug-likeness (QED) is 0.692. The minimum absolute atomic E-state index is 0.447. The first-order valence-electron chi connectivity index (χ1n) is 6.33. The van der Waals surface area contributed by atoms with Crippen LogP contribution in [0.15, 0.2) is 24.3 Å². The Morgan fingerprint density at radius 1 is 1.39 bits per heavy atom. The van der Waals surface area contributed by atoms with Crippen LogP contribution in [-0.2, 0) is 0 Å². The first kappa shape index (κ1) is 15.0. The molecule has 0 saturated heterocycles. The number of hydrogen-bond acceptors (Lipinski definition) is 4. The molecule has 1 aromatic carbocycles. The molecule has 100 valence electrons. The lowest BCUT2D eigenvalue weighted by molar-refractivity contribution is 0.197. The van der Waals surface area contributed by atoms with Gasteiger partial charge in [0.05, 0.1) is 0 Å². The van der Waals surface area contributed by atoms with E-state index < -0.39 is 7.12 Å². The summed E-state index contributed by atoms with van der Waals surface area (Å²) in [5.74, 6) is 0.665. The Balaban J connectivity index is 2.42. The molecule has 0 fully saturated rings. The van der Waals surface area contributed by atoms with Gasteiger partial charge in [-0.25, -0.2) is 0 Å². The van der Waals surface area contributed by atoms with Crippen molar-refractivity contribution in [3.05, 3.63) is 24.3 Å². The lowest BCUT2D eigenvalue weighted by Gasteiger charge is -2.23.